The van der Waals surface area contributed by atoms with Crippen LogP contribution in [-0.4, -0.2) is 44.4 Å². The van der Waals surface area contributed by atoms with Gasteiger partial charge >= 0.3 is 0 Å². The van der Waals surface area contributed by atoms with E-state index in [2.05, 4.69) is 19.9 Å². The van der Waals surface area contributed by atoms with Crippen molar-refractivity contribution in [3.05, 3.63) is 57.8 Å². The van der Waals surface area contributed by atoms with Crippen LogP contribution in [0.1, 0.15) is 24.0 Å². The minimum atomic E-state index is -1.71. The van der Waals surface area contributed by atoms with E-state index in [1.54, 1.807) is 36.4 Å². The first kappa shape index (κ1) is 21.4. The van der Waals surface area contributed by atoms with E-state index >= 15 is 0 Å². The number of benzene rings is 2. The monoisotopic (exact) mass is 462 g/mol. The molecule has 4 aromatic rings. The van der Waals surface area contributed by atoms with Crippen molar-refractivity contribution >= 4 is 45.3 Å². The number of fused-ring (bicyclic) bond motifs is 2. The second-order valence-corrected chi connectivity index (χ2v) is 7.22. The molecule has 31 heavy (non-hydrogen) atoms. The van der Waals surface area contributed by atoms with Crippen LogP contribution in [0.4, 0.5) is 0 Å². The van der Waals surface area contributed by atoms with Gasteiger partial charge in [0.2, 0.25) is 24.3 Å². The molecule has 2 aromatic carbocycles. The van der Waals surface area contributed by atoms with E-state index in [1.807, 2.05) is 0 Å². The summed E-state index contributed by atoms with van der Waals surface area (Å²) < 4.78 is 15.8. The Hall–Kier alpha value is -2.82. The molecule has 11 heteroatoms. The molecule has 4 rings (SSSR count). The van der Waals surface area contributed by atoms with Gasteiger partial charge in [0.05, 0.1) is 36.3 Å². The number of methoxy groups -OCH3 is 2. The van der Waals surface area contributed by atoms with Crippen LogP contribution in [0.2, 0.25) is 10.0 Å². The predicted octanol–water partition coefficient (Wildman–Crippen LogP) is 3.60. The molecule has 0 saturated carbocycles. The standard InChI is InChI=1S/C20H16Cl2N4O5/c1-29-17-15(23-13-7-9(21)3-5-11(13)25-17)19(27)31-20(28)16-18(30-2)26-12-6-4-10(22)8-14(12)24-16/h3-8,19-20,27-28H,1-2H3. The van der Waals surface area contributed by atoms with Crippen LogP contribution in [0.15, 0.2) is 36.4 Å². The molecule has 2 N–H and O–H groups in total. The molecule has 0 radical (unpaired) electrons. The largest absolute Gasteiger partial charge is 0.480 e. The van der Waals surface area contributed by atoms with E-state index in [1.165, 1.54) is 14.2 Å². The topological polar surface area (TPSA) is 120 Å². The highest BCUT2D eigenvalue weighted by Gasteiger charge is 2.26. The Morgan fingerprint density at radius 1 is 0.677 bits per heavy atom. The zero-order valence-corrected chi connectivity index (χ0v) is 17.8. The van der Waals surface area contributed by atoms with Crippen LogP contribution in [0.25, 0.3) is 22.1 Å². The fourth-order valence-corrected chi connectivity index (χ4v) is 3.26. The summed E-state index contributed by atoms with van der Waals surface area (Å²) in [5, 5.41) is 22.1. The highest BCUT2D eigenvalue weighted by molar-refractivity contribution is 6.31. The maximum Gasteiger partial charge on any atom is 0.241 e. The lowest BCUT2D eigenvalue weighted by Gasteiger charge is -2.19. The maximum absolute atomic E-state index is 10.6. The van der Waals surface area contributed by atoms with Crippen LogP contribution in [0.3, 0.4) is 0 Å². The normalized spacial score (nSPS) is 13.4. The number of aliphatic hydroxyl groups excluding tert-OH is 2. The van der Waals surface area contributed by atoms with E-state index in [4.69, 9.17) is 37.4 Å². The first-order chi connectivity index (χ1) is 14.9. The molecule has 0 aliphatic carbocycles. The summed E-state index contributed by atoms with van der Waals surface area (Å²) in [6.07, 6.45) is -3.41. The summed E-state index contributed by atoms with van der Waals surface area (Å²) >= 11 is 12.0. The molecule has 2 atom stereocenters. The lowest BCUT2D eigenvalue weighted by molar-refractivity contribution is -0.219. The molecule has 0 amide bonds. The van der Waals surface area contributed by atoms with Crippen molar-refractivity contribution < 1.29 is 24.4 Å². The molecule has 0 aliphatic rings. The fraction of sp³-hybridized carbons (Fsp3) is 0.200. The first-order valence-corrected chi connectivity index (χ1v) is 9.69. The summed E-state index contributed by atoms with van der Waals surface area (Å²) in [7, 11) is 2.75. The third kappa shape index (κ3) is 4.32. The lowest BCUT2D eigenvalue weighted by atomic mass is 10.2. The van der Waals surface area contributed by atoms with Crippen LogP contribution in [0.5, 0.6) is 11.8 Å². The zero-order chi connectivity index (χ0) is 22.1. The van der Waals surface area contributed by atoms with Gasteiger partial charge in [0.15, 0.2) is 11.4 Å². The predicted molar refractivity (Wildman–Crippen MR) is 113 cm³/mol. The molecule has 9 nitrogen and oxygen atoms in total. The molecule has 2 heterocycles. The van der Waals surface area contributed by atoms with E-state index in [-0.39, 0.29) is 23.1 Å². The Kier molecular flexibility index (Phi) is 6.03. The van der Waals surface area contributed by atoms with Gasteiger partial charge in [0.1, 0.15) is 0 Å². The van der Waals surface area contributed by atoms with Crippen LogP contribution < -0.4 is 9.47 Å². The van der Waals surface area contributed by atoms with Crippen molar-refractivity contribution in [2.24, 2.45) is 0 Å². The lowest BCUT2D eigenvalue weighted by Crippen LogP contribution is -2.15. The number of nitrogens with zero attached hydrogens (tertiary/aromatic N) is 4. The summed E-state index contributed by atoms with van der Waals surface area (Å²) in [5.74, 6) is 0.0516. The van der Waals surface area contributed by atoms with Gasteiger partial charge in [0, 0.05) is 10.0 Å². The van der Waals surface area contributed by atoms with Gasteiger partial charge in [-0.2, -0.15) is 0 Å². The van der Waals surface area contributed by atoms with E-state index in [0.717, 1.165) is 0 Å². The Bertz CT molecular complexity index is 1180. The molecule has 2 unspecified atom stereocenters. The molecular weight excluding hydrogens is 447 g/mol. The number of halogens is 2. The summed E-state index contributed by atoms with van der Waals surface area (Å²) in [6, 6.07) is 9.81. The van der Waals surface area contributed by atoms with E-state index in [0.29, 0.717) is 32.1 Å². The average Bonchev–Trinajstić information content (AvgIpc) is 2.76. The van der Waals surface area contributed by atoms with Gasteiger partial charge in [-0.15, -0.1) is 0 Å². The minimum Gasteiger partial charge on any atom is -0.480 e. The maximum atomic E-state index is 10.6. The van der Waals surface area contributed by atoms with Gasteiger partial charge in [-0.25, -0.2) is 19.9 Å². The third-order valence-electron chi connectivity index (χ3n) is 4.35. The molecular formula is C20H16Cl2N4O5. The summed E-state index contributed by atoms with van der Waals surface area (Å²) in [6.45, 7) is 0. The number of aromatic nitrogens is 4. The molecule has 0 aliphatic heterocycles. The van der Waals surface area contributed by atoms with Crippen molar-refractivity contribution in [2.75, 3.05) is 14.2 Å². The first-order valence-electron chi connectivity index (χ1n) is 8.93. The molecule has 0 fully saturated rings. The van der Waals surface area contributed by atoms with Gasteiger partial charge in [-0.1, -0.05) is 23.2 Å². The zero-order valence-electron chi connectivity index (χ0n) is 16.3. The molecule has 0 saturated heterocycles. The Labute approximate surface area is 186 Å². The van der Waals surface area contributed by atoms with Crippen molar-refractivity contribution in [1.82, 2.24) is 19.9 Å². The SMILES string of the molecule is COc1nc2ccc(Cl)cc2nc1C(O)OC(O)c1nc2cc(Cl)ccc2nc1OC. The molecule has 0 spiro atoms. The summed E-state index contributed by atoms with van der Waals surface area (Å²) in [4.78, 5) is 17.2. The Morgan fingerprint density at radius 3 is 1.48 bits per heavy atom. The number of rotatable bonds is 6. The van der Waals surface area contributed by atoms with E-state index < -0.39 is 12.6 Å². The number of aliphatic hydroxyl groups is 2. The smallest absolute Gasteiger partial charge is 0.241 e. The van der Waals surface area contributed by atoms with Crippen LogP contribution in [0, 0.1) is 0 Å². The summed E-state index contributed by atoms with van der Waals surface area (Å²) in [5.41, 5.74) is 1.75. The van der Waals surface area contributed by atoms with Crippen LogP contribution >= 0.6 is 23.2 Å². The highest BCUT2D eigenvalue weighted by atomic mass is 35.5. The number of hydrogen-bond acceptors (Lipinski definition) is 9. The number of hydrogen-bond donors (Lipinski definition) is 2. The third-order valence-corrected chi connectivity index (χ3v) is 4.82. The second-order valence-electron chi connectivity index (χ2n) is 6.34. The minimum absolute atomic E-state index is 0.0258. The van der Waals surface area contributed by atoms with Gasteiger partial charge < -0.3 is 24.4 Å². The highest BCUT2D eigenvalue weighted by Crippen LogP contribution is 2.32. The van der Waals surface area contributed by atoms with Crippen molar-refractivity contribution in [1.29, 1.82) is 0 Å². The average molecular weight is 463 g/mol. The van der Waals surface area contributed by atoms with Gasteiger partial charge in [-0.3, -0.25) is 0 Å². The molecule has 160 valence electrons. The quantitative estimate of drug-likeness (QED) is 0.414. The van der Waals surface area contributed by atoms with Crippen molar-refractivity contribution in [2.45, 2.75) is 12.6 Å². The van der Waals surface area contributed by atoms with Crippen molar-refractivity contribution in [3.8, 4) is 11.8 Å². The molecule has 2 aromatic heterocycles. The van der Waals surface area contributed by atoms with Crippen molar-refractivity contribution in [3.63, 3.8) is 0 Å². The number of ether oxygens (including phenoxy) is 3. The van der Waals surface area contributed by atoms with E-state index in [9.17, 15) is 10.2 Å². The van der Waals surface area contributed by atoms with Crippen LogP contribution in [-0.2, 0) is 4.74 Å². The van der Waals surface area contributed by atoms with Gasteiger partial charge in [0.25, 0.3) is 0 Å². The Balaban J connectivity index is 1.69. The Morgan fingerprint density at radius 2 is 1.10 bits per heavy atom. The second kappa shape index (κ2) is 8.74. The molecule has 0 bridgehead atoms. The fourth-order valence-electron chi connectivity index (χ4n) is 2.92. The van der Waals surface area contributed by atoms with Gasteiger partial charge in [-0.05, 0) is 36.4 Å².